The number of hydrogen-bond acceptors (Lipinski definition) is 6. The first kappa shape index (κ1) is 21.7. The van der Waals surface area contributed by atoms with Crippen molar-refractivity contribution in [2.75, 3.05) is 25.0 Å². The number of hydroxylamine groups is 1. The van der Waals surface area contributed by atoms with Crippen LogP contribution in [-0.2, 0) is 20.8 Å². The van der Waals surface area contributed by atoms with E-state index in [1.165, 1.54) is 0 Å². The van der Waals surface area contributed by atoms with Gasteiger partial charge in [0, 0.05) is 31.4 Å². The lowest BCUT2D eigenvalue weighted by molar-refractivity contribution is -0.137. The van der Waals surface area contributed by atoms with Crippen LogP contribution in [0.15, 0.2) is 18.2 Å². The fourth-order valence-corrected chi connectivity index (χ4v) is 3.37. The van der Waals surface area contributed by atoms with Gasteiger partial charge in [-0.3, -0.25) is 25.2 Å². The summed E-state index contributed by atoms with van der Waals surface area (Å²) in [5.74, 6) is -1.08. The standard InChI is InChI=1S/C20H30N4O4/c1-3-4-5-7-17(13-21-28-14-25)20(27)23-22-19(26)16-9-10-18-15(12-16)8-6-11-24(18)2/h9-10,12,14,17,21H,3-8,11,13H2,1-2H3,(H,22,26)(H,23,27)/t17-/m1/s1. The second-order valence-electron chi connectivity index (χ2n) is 7.07. The van der Waals surface area contributed by atoms with Crippen molar-refractivity contribution in [2.45, 2.75) is 45.4 Å². The number of rotatable bonds is 10. The number of anilines is 1. The summed E-state index contributed by atoms with van der Waals surface area (Å²) < 4.78 is 0. The molecule has 1 atom stereocenters. The van der Waals surface area contributed by atoms with Gasteiger partial charge in [0.1, 0.15) is 0 Å². The summed E-state index contributed by atoms with van der Waals surface area (Å²) >= 11 is 0. The summed E-state index contributed by atoms with van der Waals surface area (Å²) in [5, 5.41) is 0. The molecule has 0 aromatic heterocycles. The molecule has 3 N–H and O–H groups in total. The number of nitrogens with zero attached hydrogens (tertiary/aromatic N) is 1. The van der Waals surface area contributed by atoms with Crippen LogP contribution in [-0.4, -0.2) is 38.4 Å². The summed E-state index contributed by atoms with van der Waals surface area (Å²) in [7, 11) is 2.04. The monoisotopic (exact) mass is 390 g/mol. The minimum Gasteiger partial charge on any atom is -0.374 e. The van der Waals surface area contributed by atoms with Crippen molar-refractivity contribution < 1.29 is 19.2 Å². The van der Waals surface area contributed by atoms with E-state index in [0.717, 1.165) is 49.9 Å². The molecular weight excluding hydrogens is 360 g/mol. The Morgan fingerprint density at radius 2 is 2.11 bits per heavy atom. The van der Waals surface area contributed by atoms with E-state index in [4.69, 9.17) is 0 Å². The number of benzene rings is 1. The molecule has 8 heteroatoms. The van der Waals surface area contributed by atoms with Gasteiger partial charge in [0.15, 0.2) is 0 Å². The Hall–Kier alpha value is -2.61. The minimum absolute atomic E-state index is 0.190. The van der Waals surface area contributed by atoms with Gasteiger partial charge in [0.05, 0.1) is 5.92 Å². The number of unbranched alkanes of at least 4 members (excludes halogenated alkanes) is 2. The number of amides is 2. The van der Waals surface area contributed by atoms with Crippen molar-refractivity contribution >= 4 is 24.0 Å². The molecule has 0 saturated carbocycles. The van der Waals surface area contributed by atoms with Crippen LogP contribution < -0.4 is 21.2 Å². The van der Waals surface area contributed by atoms with Gasteiger partial charge in [0.25, 0.3) is 5.91 Å². The van der Waals surface area contributed by atoms with Gasteiger partial charge in [0.2, 0.25) is 5.91 Å². The summed E-state index contributed by atoms with van der Waals surface area (Å²) in [6, 6.07) is 5.59. The zero-order valence-corrected chi connectivity index (χ0v) is 16.6. The molecule has 0 aliphatic carbocycles. The fraction of sp³-hybridized carbons (Fsp3) is 0.550. The van der Waals surface area contributed by atoms with Crippen LogP contribution in [0.1, 0.15) is 54.9 Å². The second kappa shape index (κ2) is 11.3. The molecule has 28 heavy (non-hydrogen) atoms. The molecule has 0 unspecified atom stereocenters. The van der Waals surface area contributed by atoms with E-state index in [9.17, 15) is 14.4 Å². The van der Waals surface area contributed by atoms with Crippen molar-refractivity contribution in [3.8, 4) is 0 Å². The van der Waals surface area contributed by atoms with Crippen molar-refractivity contribution in [3.05, 3.63) is 29.3 Å². The van der Waals surface area contributed by atoms with Gasteiger partial charge < -0.3 is 9.74 Å². The molecule has 1 aliphatic heterocycles. The predicted octanol–water partition coefficient (Wildman–Crippen LogP) is 1.70. The maximum absolute atomic E-state index is 12.4. The number of hydrogen-bond donors (Lipinski definition) is 3. The van der Waals surface area contributed by atoms with Gasteiger partial charge in [-0.2, -0.15) is 5.48 Å². The summed E-state index contributed by atoms with van der Waals surface area (Å²) in [4.78, 5) is 41.8. The van der Waals surface area contributed by atoms with Crippen LogP contribution in [0.3, 0.4) is 0 Å². The minimum atomic E-state index is -0.413. The maximum atomic E-state index is 12.4. The highest BCUT2D eigenvalue weighted by Gasteiger charge is 2.20. The summed E-state index contributed by atoms with van der Waals surface area (Å²) in [6.45, 7) is 3.56. The Morgan fingerprint density at radius 1 is 1.29 bits per heavy atom. The second-order valence-corrected chi connectivity index (χ2v) is 7.07. The first-order chi connectivity index (χ1) is 13.6. The number of fused-ring (bicyclic) bond motifs is 1. The molecule has 0 bridgehead atoms. The SMILES string of the molecule is CCCCC[C@H](CNOC=O)C(=O)NNC(=O)c1ccc2c(c1)CCCN2C. The van der Waals surface area contributed by atoms with E-state index >= 15 is 0 Å². The van der Waals surface area contributed by atoms with Crippen LogP contribution in [0, 0.1) is 5.92 Å². The Kier molecular flexibility index (Phi) is 8.74. The number of nitrogens with one attached hydrogen (secondary N) is 3. The average Bonchev–Trinajstić information content (AvgIpc) is 2.70. The molecule has 1 aromatic carbocycles. The molecule has 0 radical (unpaired) electrons. The molecule has 0 saturated heterocycles. The fourth-order valence-electron chi connectivity index (χ4n) is 3.37. The van der Waals surface area contributed by atoms with E-state index < -0.39 is 5.92 Å². The van der Waals surface area contributed by atoms with Crippen LogP contribution in [0.25, 0.3) is 0 Å². The lowest BCUT2D eigenvalue weighted by Crippen LogP contribution is -2.46. The van der Waals surface area contributed by atoms with Crippen LogP contribution in [0.5, 0.6) is 0 Å². The lowest BCUT2D eigenvalue weighted by atomic mass is 9.99. The summed E-state index contributed by atoms with van der Waals surface area (Å²) in [5.41, 5.74) is 10.2. The zero-order valence-electron chi connectivity index (χ0n) is 16.6. The lowest BCUT2D eigenvalue weighted by Gasteiger charge is -2.27. The van der Waals surface area contributed by atoms with E-state index in [2.05, 4.69) is 33.0 Å². The van der Waals surface area contributed by atoms with Gasteiger partial charge in [-0.15, -0.1) is 0 Å². The molecule has 154 valence electrons. The smallest absolute Gasteiger partial charge is 0.312 e. The van der Waals surface area contributed by atoms with Gasteiger partial charge >= 0.3 is 6.47 Å². The third-order valence-electron chi connectivity index (χ3n) is 4.98. The largest absolute Gasteiger partial charge is 0.374 e. The first-order valence-electron chi connectivity index (χ1n) is 9.83. The third kappa shape index (κ3) is 6.23. The topological polar surface area (TPSA) is 99.8 Å². The number of carbonyl (C=O) groups is 3. The predicted molar refractivity (Wildman–Crippen MR) is 106 cm³/mol. The molecule has 2 amide bonds. The van der Waals surface area contributed by atoms with Crippen molar-refractivity contribution in [1.82, 2.24) is 16.3 Å². The molecule has 1 aliphatic rings. The number of aryl methyl sites for hydroxylation is 1. The van der Waals surface area contributed by atoms with E-state index in [-0.39, 0.29) is 24.8 Å². The van der Waals surface area contributed by atoms with Gasteiger partial charge in [-0.1, -0.05) is 26.2 Å². The van der Waals surface area contributed by atoms with Gasteiger partial charge in [-0.25, -0.2) is 0 Å². The summed E-state index contributed by atoms with van der Waals surface area (Å²) in [6.07, 6.45) is 5.56. The van der Waals surface area contributed by atoms with E-state index in [1.807, 2.05) is 19.2 Å². The van der Waals surface area contributed by atoms with E-state index in [1.54, 1.807) is 6.07 Å². The molecule has 2 rings (SSSR count). The van der Waals surface area contributed by atoms with Crippen LogP contribution in [0.2, 0.25) is 0 Å². The highest BCUT2D eigenvalue weighted by atomic mass is 16.7. The molecule has 1 aromatic rings. The first-order valence-corrected chi connectivity index (χ1v) is 9.83. The Balaban J connectivity index is 1.91. The maximum Gasteiger partial charge on any atom is 0.312 e. The Bertz CT molecular complexity index is 680. The van der Waals surface area contributed by atoms with E-state index in [0.29, 0.717) is 12.0 Å². The molecule has 0 spiro atoms. The van der Waals surface area contributed by atoms with Crippen molar-refractivity contribution in [3.63, 3.8) is 0 Å². The third-order valence-corrected chi connectivity index (χ3v) is 4.98. The Morgan fingerprint density at radius 3 is 2.86 bits per heavy atom. The molecule has 8 nitrogen and oxygen atoms in total. The van der Waals surface area contributed by atoms with Crippen molar-refractivity contribution in [2.24, 2.45) is 5.92 Å². The quantitative estimate of drug-likeness (QED) is 0.319. The van der Waals surface area contributed by atoms with Crippen molar-refractivity contribution in [1.29, 1.82) is 0 Å². The Labute approximate surface area is 165 Å². The average molecular weight is 390 g/mol. The highest BCUT2D eigenvalue weighted by molar-refractivity contribution is 5.96. The highest BCUT2D eigenvalue weighted by Crippen LogP contribution is 2.26. The molecule has 1 heterocycles. The normalized spacial score (nSPS) is 14.0. The van der Waals surface area contributed by atoms with Crippen LogP contribution in [0.4, 0.5) is 5.69 Å². The van der Waals surface area contributed by atoms with Gasteiger partial charge in [-0.05, 0) is 43.0 Å². The number of carbonyl (C=O) groups excluding carboxylic acids is 3. The zero-order chi connectivity index (χ0) is 20.4. The molecular formula is C20H30N4O4. The number of hydrazine groups is 1. The van der Waals surface area contributed by atoms with Crippen LogP contribution >= 0.6 is 0 Å². The molecule has 0 fully saturated rings.